The monoisotopic (exact) mass is 235 g/mol. The summed E-state index contributed by atoms with van der Waals surface area (Å²) in [6, 6.07) is 8.39. The van der Waals surface area contributed by atoms with Crippen LogP contribution in [0.4, 0.5) is 0 Å². The molecule has 2 N–H and O–H groups in total. The second-order valence-corrected chi connectivity index (χ2v) is 4.70. The van der Waals surface area contributed by atoms with Crippen LogP contribution in [0.3, 0.4) is 0 Å². The molecule has 3 heteroatoms. The van der Waals surface area contributed by atoms with Gasteiger partial charge in [-0.25, -0.2) is 0 Å². The molecule has 0 radical (unpaired) electrons. The summed E-state index contributed by atoms with van der Waals surface area (Å²) in [6.45, 7) is 5.04. The fourth-order valence-electron chi connectivity index (χ4n) is 2.05. The summed E-state index contributed by atoms with van der Waals surface area (Å²) in [7, 11) is 0. The van der Waals surface area contributed by atoms with E-state index < -0.39 is 0 Å². The van der Waals surface area contributed by atoms with Crippen molar-refractivity contribution in [1.82, 2.24) is 0 Å². The molecule has 1 saturated heterocycles. The fraction of sp³-hybridized carbons (Fsp3) is 0.571. The van der Waals surface area contributed by atoms with E-state index in [1.807, 2.05) is 0 Å². The van der Waals surface area contributed by atoms with Gasteiger partial charge in [0.2, 0.25) is 0 Å². The molecule has 0 spiro atoms. The second kappa shape index (κ2) is 6.15. The first-order valence-electron chi connectivity index (χ1n) is 6.25. The Kier molecular flexibility index (Phi) is 4.54. The minimum atomic E-state index is 0.0104. The zero-order chi connectivity index (χ0) is 12.1. The molecule has 1 aromatic rings. The van der Waals surface area contributed by atoms with E-state index in [1.54, 1.807) is 0 Å². The summed E-state index contributed by atoms with van der Waals surface area (Å²) in [6.07, 6.45) is 1.11. The molecular formula is C14H21NO2. The molecule has 0 bridgehead atoms. The van der Waals surface area contributed by atoms with Gasteiger partial charge in [-0.1, -0.05) is 29.8 Å². The third-order valence-electron chi connectivity index (χ3n) is 3.22. The number of hydrogen-bond acceptors (Lipinski definition) is 3. The molecule has 1 aliphatic rings. The minimum absolute atomic E-state index is 0.0104. The lowest BCUT2D eigenvalue weighted by molar-refractivity contribution is 0.0302. The Bertz CT molecular complexity index is 331. The molecule has 0 amide bonds. The third kappa shape index (κ3) is 3.53. The first-order chi connectivity index (χ1) is 8.29. The van der Waals surface area contributed by atoms with Gasteiger partial charge in [-0.2, -0.15) is 0 Å². The molecule has 17 heavy (non-hydrogen) atoms. The smallest absolute Gasteiger partial charge is 0.0947 e. The van der Waals surface area contributed by atoms with Crippen molar-refractivity contribution in [2.24, 2.45) is 11.7 Å². The lowest BCUT2D eigenvalue weighted by atomic mass is 10.1. The van der Waals surface area contributed by atoms with Crippen molar-refractivity contribution >= 4 is 0 Å². The highest BCUT2D eigenvalue weighted by Crippen LogP contribution is 2.20. The van der Waals surface area contributed by atoms with Crippen LogP contribution in [-0.4, -0.2) is 26.4 Å². The Morgan fingerprint density at radius 2 is 2.18 bits per heavy atom. The Morgan fingerprint density at radius 1 is 1.41 bits per heavy atom. The summed E-state index contributed by atoms with van der Waals surface area (Å²) in [5.74, 6) is 0.537. The van der Waals surface area contributed by atoms with E-state index in [4.69, 9.17) is 15.2 Å². The SMILES string of the molecule is Cc1ccc(C(CN)OCC2CCOC2)cc1. The molecule has 2 rings (SSSR count). The molecule has 1 fully saturated rings. The van der Waals surface area contributed by atoms with Gasteiger partial charge in [-0.3, -0.25) is 0 Å². The number of rotatable bonds is 5. The zero-order valence-electron chi connectivity index (χ0n) is 10.4. The van der Waals surface area contributed by atoms with Crippen molar-refractivity contribution in [1.29, 1.82) is 0 Å². The van der Waals surface area contributed by atoms with Crippen molar-refractivity contribution < 1.29 is 9.47 Å². The summed E-state index contributed by atoms with van der Waals surface area (Å²) in [4.78, 5) is 0. The highest BCUT2D eigenvalue weighted by atomic mass is 16.5. The van der Waals surface area contributed by atoms with E-state index in [1.165, 1.54) is 5.56 Å². The molecule has 0 saturated carbocycles. The number of nitrogens with two attached hydrogens (primary N) is 1. The molecule has 1 aromatic carbocycles. The van der Waals surface area contributed by atoms with Gasteiger partial charge < -0.3 is 15.2 Å². The van der Waals surface area contributed by atoms with Crippen LogP contribution in [0.2, 0.25) is 0 Å². The standard InChI is InChI=1S/C14H21NO2/c1-11-2-4-13(5-3-11)14(8-15)17-10-12-6-7-16-9-12/h2-5,12,14H,6-10,15H2,1H3. The van der Waals surface area contributed by atoms with Crippen LogP contribution >= 0.6 is 0 Å². The van der Waals surface area contributed by atoms with Crippen LogP contribution in [-0.2, 0) is 9.47 Å². The highest BCUT2D eigenvalue weighted by molar-refractivity contribution is 5.23. The number of aryl methyl sites for hydroxylation is 1. The normalized spacial score (nSPS) is 21.6. The summed E-state index contributed by atoms with van der Waals surface area (Å²) < 4.78 is 11.2. The van der Waals surface area contributed by atoms with E-state index >= 15 is 0 Å². The topological polar surface area (TPSA) is 44.5 Å². The summed E-state index contributed by atoms with van der Waals surface area (Å²) in [5.41, 5.74) is 8.19. The van der Waals surface area contributed by atoms with Crippen LogP contribution in [0.1, 0.15) is 23.7 Å². The summed E-state index contributed by atoms with van der Waals surface area (Å²) >= 11 is 0. The average Bonchev–Trinajstić information content (AvgIpc) is 2.85. The van der Waals surface area contributed by atoms with Gasteiger partial charge in [-0.15, -0.1) is 0 Å². The maximum absolute atomic E-state index is 5.90. The molecule has 2 unspecified atom stereocenters. The predicted molar refractivity (Wildman–Crippen MR) is 67.9 cm³/mol. The first kappa shape index (κ1) is 12.6. The first-order valence-corrected chi connectivity index (χ1v) is 6.25. The summed E-state index contributed by atoms with van der Waals surface area (Å²) in [5, 5.41) is 0. The molecule has 94 valence electrons. The van der Waals surface area contributed by atoms with Crippen molar-refractivity contribution in [2.45, 2.75) is 19.4 Å². The van der Waals surface area contributed by atoms with Gasteiger partial charge in [0.15, 0.2) is 0 Å². The number of hydrogen-bond donors (Lipinski definition) is 1. The van der Waals surface area contributed by atoms with Crippen LogP contribution < -0.4 is 5.73 Å². The van der Waals surface area contributed by atoms with Gasteiger partial charge >= 0.3 is 0 Å². The predicted octanol–water partition coefficient (Wildman–Crippen LogP) is 2.05. The average molecular weight is 235 g/mol. The molecule has 3 nitrogen and oxygen atoms in total. The Balaban J connectivity index is 1.89. The fourth-order valence-corrected chi connectivity index (χ4v) is 2.05. The third-order valence-corrected chi connectivity index (χ3v) is 3.22. The maximum atomic E-state index is 5.90. The number of ether oxygens (including phenoxy) is 2. The minimum Gasteiger partial charge on any atom is -0.381 e. The van der Waals surface area contributed by atoms with Gasteiger partial charge in [0, 0.05) is 19.1 Å². The van der Waals surface area contributed by atoms with Gasteiger partial charge in [0.1, 0.15) is 0 Å². The van der Waals surface area contributed by atoms with E-state index in [9.17, 15) is 0 Å². The van der Waals surface area contributed by atoms with Crippen molar-refractivity contribution in [3.8, 4) is 0 Å². The van der Waals surface area contributed by atoms with E-state index in [2.05, 4.69) is 31.2 Å². The highest BCUT2D eigenvalue weighted by Gasteiger charge is 2.18. The van der Waals surface area contributed by atoms with Crippen LogP contribution in [0, 0.1) is 12.8 Å². The van der Waals surface area contributed by atoms with Crippen molar-refractivity contribution in [3.05, 3.63) is 35.4 Å². The molecule has 1 aliphatic heterocycles. The van der Waals surface area contributed by atoms with Gasteiger partial charge in [0.25, 0.3) is 0 Å². The lowest BCUT2D eigenvalue weighted by Crippen LogP contribution is -2.19. The molecule has 0 aliphatic carbocycles. The molecule has 1 heterocycles. The Morgan fingerprint density at radius 3 is 2.76 bits per heavy atom. The van der Waals surface area contributed by atoms with Crippen LogP contribution in [0.15, 0.2) is 24.3 Å². The number of benzene rings is 1. The quantitative estimate of drug-likeness (QED) is 0.849. The van der Waals surface area contributed by atoms with Crippen molar-refractivity contribution in [2.75, 3.05) is 26.4 Å². The van der Waals surface area contributed by atoms with E-state index in [-0.39, 0.29) is 6.10 Å². The van der Waals surface area contributed by atoms with E-state index in [0.717, 1.165) is 31.8 Å². The largest absolute Gasteiger partial charge is 0.381 e. The molecular weight excluding hydrogens is 214 g/mol. The Hall–Kier alpha value is -0.900. The Labute approximate surface area is 103 Å². The zero-order valence-corrected chi connectivity index (χ0v) is 10.4. The van der Waals surface area contributed by atoms with Gasteiger partial charge in [0.05, 0.1) is 19.3 Å². The second-order valence-electron chi connectivity index (χ2n) is 4.70. The lowest BCUT2D eigenvalue weighted by Gasteiger charge is -2.18. The molecule has 2 atom stereocenters. The van der Waals surface area contributed by atoms with Crippen LogP contribution in [0.5, 0.6) is 0 Å². The van der Waals surface area contributed by atoms with Crippen molar-refractivity contribution in [3.63, 3.8) is 0 Å². The maximum Gasteiger partial charge on any atom is 0.0947 e. The molecule has 0 aromatic heterocycles. The van der Waals surface area contributed by atoms with Gasteiger partial charge in [-0.05, 0) is 18.9 Å². The van der Waals surface area contributed by atoms with E-state index in [0.29, 0.717) is 12.5 Å². The van der Waals surface area contributed by atoms with Crippen LogP contribution in [0.25, 0.3) is 0 Å².